The van der Waals surface area contributed by atoms with Gasteiger partial charge in [-0.15, -0.1) is 0 Å². The second-order valence-corrected chi connectivity index (χ2v) is 7.19. The molecule has 0 unspecified atom stereocenters. The van der Waals surface area contributed by atoms with Crippen LogP contribution in [-0.4, -0.2) is 35.3 Å². The Labute approximate surface area is 170 Å². The number of hydrogen-bond acceptors (Lipinski definition) is 5. The first-order valence-electron chi connectivity index (χ1n) is 8.48. The van der Waals surface area contributed by atoms with Gasteiger partial charge < -0.3 is 15.8 Å². The number of aromatic nitrogens is 1. The van der Waals surface area contributed by atoms with Crippen molar-refractivity contribution in [2.24, 2.45) is 5.73 Å². The van der Waals surface area contributed by atoms with Gasteiger partial charge in [-0.1, -0.05) is 23.9 Å². The van der Waals surface area contributed by atoms with Gasteiger partial charge >= 0.3 is 6.18 Å². The van der Waals surface area contributed by atoms with Crippen molar-refractivity contribution in [1.82, 2.24) is 4.98 Å². The molecule has 0 atom stereocenters. The molecule has 0 aliphatic heterocycles. The second kappa shape index (κ2) is 9.17. The first-order chi connectivity index (χ1) is 13.5. The molecular weight excluding hydrogens is 407 g/mol. The lowest BCUT2D eigenvalue weighted by Crippen LogP contribution is -2.21. The number of amides is 2. The third-order valence-electron chi connectivity index (χ3n) is 4.10. The van der Waals surface area contributed by atoms with Crippen LogP contribution in [0.1, 0.15) is 27.2 Å². The molecule has 0 aliphatic rings. The standard InChI is InChI=1S/C19H20F3N3O3S/c1-10-11(2)16(17(23)27)18(24-12(10)3)29-8-15(26)25-13-6-4-5-7-14(13)28-9-19(20,21)22/h4-7H,8-9H2,1-3H3,(H2,23,27)(H,25,26). The SMILES string of the molecule is Cc1nc(SCC(=O)Nc2ccccc2OCC(F)(F)F)c(C(N)=O)c(C)c1C. The second-order valence-electron chi connectivity index (χ2n) is 6.23. The number of carbonyl (C=O) groups is 2. The highest BCUT2D eigenvalue weighted by molar-refractivity contribution is 8.00. The molecule has 0 aliphatic carbocycles. The fourth-order valence-corrected chi connectivity index (χ4v) is 3.42. The molecule has 3 N–H and O–H groups in total. The summed E-state index contributed by atoms with van der Waals surface area (Å²) in [5, 5.41) is 2.84. The van der Waals surface area contributed by atoms with Gasteiger partial charge in [0.05, 0.1) is 17.0 Å². The van der Waals surface area contributed by atoms with E-state index in [-0.39, 0.29) is 22.8 Å². The fraction of sp³-hybridized carbons (Fsp3) is 0.316. The third-order valence-corrected chi connectivity index (χ3v) is 5.08. The van der Waals surface area contributed by atoms with Gasteiger partial charge in [0.2, 0.25) is 5.91 Å². The maximum Gasteiger partial charge on any atom is 0.422 e. The van der Waals surface area contributed by atoms with Crippen LogP contribution in [0, 0.1) is 20.8 Å². The molecule has 2 amide bonds. The van der Waals surface area contributed by atoms with Crippen LogP contribution in [0.4, 0.5) is 18.9 Å². The number of para-hydroxylation sites is 2. The van der Waals surface area contributed by atoms with Crippen molar-refractivity contribution in [1.29, 1.82) is 0 Å². The van der Waals surface area contributed by atoms with Gasteiger partial charge in [-0.2, -0.15) is 13.2 Å². The van der Waals surface area contributed by atoms with Crippen LogP contribution >= 0.6 is 11.8 Å². The van der Waals surface area contributed by atoms with Crippen LogP contribution in [0.15, 0.2) is 29.3 Å². The zero-order valence-electron chi connectivity index (χ0n) is 16.0. The molecule has 6 nitrogen and oxygen atoms in total. The van der Waals surface area contributed by atoms with Crippen LogP contribution in [-0.2, 0) is 4.79 Å². The van der Waals surface area contributed by atoms with Gasteiger partial charge in [0.25, 0.3) is 5.91 Å². The molecule has 1 aromatic heterocycles. The average Bonchev–Trinajstić information content (AvgIpc) is 2.62. The van der Waals surface area contributed by atoms with E-state index >= 15 is 0 Å². The maximum atomic E-state index is 12.4. The van der Waals surface area contributed by atoms with Crippen molar-refractivity contribution in [3.8, 4) is 5.75 Å². The van der Waals surface area contributed by atoms with E-state index in [0.717, 1.165) is 17.3 Å². The maximum absolute atomic E-state index is 12.4. The smallest absolute Gasteiger partial charge is 0.422 e. The van der Waals surface area contributed by atoms with Crippen LogP contribution in [0.2, 0.25) is 0 Å². The number of thioether (sulfide) groups is 1. The predicted molar refractivity (Wildman–Crippen MR) is 104 cm³/mol. The number of anilines is 1. The molecule has 0 fully saturated rings. The summed E-state index contributed by atoms with van der Waals surface area (Å²) in [5.41, 5.74) is 8.05. The largest absolute Gasteiger partial charge is 0.482 e. The van der Waals surface area contributed by atoms with Crippen molar-refractivity contribution < 1.29 is 27.5 Å². The number of rotatable bonds is 7. The summed E-state index contributed by atoms with van der Waals surface area (Å²) in [7, 11) is 0. The van der Waals surface area contributed by atoms with Gasteiger partial charge in [0.15, 0.2) is 6.61 Å². The first-order valence-corrected chi connectivity index (χ1v) is 9.47. The quantitative estimate of drug-likeness (QED) is 0.656. The highest BCUT2D eigenvalue weighted by Crippen LogP contribution is 2.29. The Bertz CT molecular complexity index is 933. The van der Waals surface area contributed by atoms with E-state index in [4.69, 9.17) is 10.5 Å². The summed E-state index contributed by atoms with van der Waals surface area (Å²) in [6.45, 7) is 3.89. The minimum Gasteiger partial charge on any atom is -0.482 e. The summed E-state index contributed by atoms with van der Waals surface area (Å²) in [6, 6.07) is 5.81. The van der Waals surface area contributed by atoms with Crippen LogP contribution in [0.3, 0.4) is 0 Å². The van der Waals surface area contributed by atoms with Crippen LogP contribution < -0.4 is 15.8 Å². The number of nitrogens with zero attached hydrogens (tertiary/aromatic N) is 1. The Morgan fingerprint density at radius 1 is 1.17 bits per heavy atom. The molecule has 2 rings (SSSR count). The van der Waals surface area contributed by atoms with E-state index in [0.29, 0.717) is 16.3 Å². The number of halogens is 3. The normalized spacial score (nSPS) is 11.2. The van der Waals surface area contributed by atoms with E-state index in [1.807, 2.05) is 6.92 Å². The number of pyridine rings is 1. The summed E-state index contributed by atoms with van der Waals surface area (Å²) < 4.78 is 41.9. The monoisotopic (exact) mass is 427 g/mol. The average molecular weight is 427 g/mol. The molecule has 1 heterocycles. The van der Waals surface area contributed by atoms with Gasteiger partial charge in [-0.3, -0.25) is 9.59 Å². The number of carbonyl (C=O) groups excluding carboxylic acids is 2. The Hall–Kier alpha value is -2.75. The van der Waals surface area contributed by atoms with E-state index in [1.54, 1.807) is 19.9 Å². The van der Waals surface area contributed by atoms with Gasteiger partial charge in [0.1, 0.15) is 10.8 Å². The molecule has 0 spiro atoms. The molecule has 0 saturated heterocycles. The van der Waals surface area contributed by atoms with Gasteiger partial charge in [0, 0.05) is 5.69 Å². The van der Waals surface area contributed by atoms with E-state index in [2.05, 4.69) is 10.3 Å². The van der Waals surface area contributed by atoms with E-state index in [1.165, 1.54) is 18.2 Å². The number of nitrogens with two attached hydrogens (primary N) is 1. The number of nitrogens with one attached hydrogen (secondary N) is 1. The number of primary amides is 1. The summed E-state index contributed by atoms with van der Waals surface area (Å²) >= 11 is 1.02. The van der Waals surface area contributed by atoms with Crippen molar-refractivity contribution in [2.45, 2.75) is 32.0 Å². The van der Waals surface area contributed by atoms with E-state index in [9.17, 15) is 22.8 Å². The van der Waals surface area contributed by atoms with Crippen molar-refractivity contribution in [3.63, 3.8) is 0 Å². The van der Waals surface area contributed by atoms with Crippen molar-refractivity contribution in [3.05, 3.63) is 46.6 Å². The van der Waals surface area contributed by atoms with Crippen molar-refractivity contribution >= 4 is 29.3 Å². The molecule has 10 heteroatoms. The minimum absolute atomic E-state index is 0.0962. The predicted octanol–water partition coefficient (Wildman–Crippen LogP) is 3.78. The topological polar surface area (TPSA) is 94.3 Å². The lowest BCUT2D eigenvalue weighted by atomic mass is 10.0. The fourth-order valence-electron chi connectivity index (χ4n) is 2.48. The molecule has 156 valence electrons. The lowest BCUT2D eigenvalue weighted by Gasteiger charge is -2.15. The number of hydrogen-bond donors (Lipinski definition) is 2. The highest BCUT2D eigenvalue weighted by Gasteiger charge is 2.29. The van der Waals surface area contributed by atoms with Crippen LogP contribution in [0.25, 0.3) is 0 Å². The third kappa shape index (κ3) is 6.11. The molecular formula is C19H20F3N3O3S. The number of benzene rings is 1. The molecule has 29 heavy (non-hydrogen) atoms. The Kier molecular flexibility index (Phi) is 7.12. The highest BCUT2D eigenvalue weighted by atomic mass is 32.2. The van der Waals surface area contributed by atoms with Crippen molar-refractivity contribution in [2.75, 3.05) is 17.7 Å². The lowest BCUT2D eigenvalue weighted by molar-refractivity contribution is -0.153. The molecule has 2 aromatic rings. The molecule has 0 bridgehead atoms. The molecule has 1 aromatic carbocycles. The number of ether oxygens (including phenoxy) is 1. The summed E-state index contributed by atoms with van der Waals surface area (Å²) in [5.74, 6) is -1.36. The number of alkyl halides is 3. The van der Waals surface area contributed by atoms with Gasteiger partial charge in [-0.25, -0.2) is 4.98 Å². The molecule has 0 saturated carbocycles. The minimum atomic E-state index is -4.50. The summed E-state index contributed by atoms with van der Waals surface area (Å²) in [4.78, 5) is 28.4. The zero-order chi connectivity index (χ0) is 21.8. The Morgan fingerprint density at radius 2 is 1.83 bits per heavy atom. The Balaban J connectivity index is 2.11. The first kappa shape index (κ1) is 22.5. The van der Waals surface area contributed by atoms with Crippen LogP contribution in [0.5, 0.6) is 5.75 Å². The molecule has 0 radical (unpaired) electrons. The van der Waals surface area contributed by atoms with Gasteiger partial charge in [-0.05, 0) is 44.0 Å². The van der Waals surface area contributed by atoms with E-state index < -0.39 is 24.6 Å². The number of aryl methyl sites for hydroxylation is 1. The Morgan fingerprint density at radius 3 is 2.45 bits per heavy atom. The zero-order valence-corrected chi connectivity index (χ0v) is 16.8. The summed E-state index contributed by atoms with van der Waals surface area (Å²) in [6.07, 6.45) is -4.50.